The van der Waals surface area contributed by atoms with Gasteiger partial charge >= 0.3 is 6.03 Å². The van der Waals surface area contributed by atoms with Crippen molar-refractivity contribution in [1.29, 1.82) is 0 Å². The Labute approximate surface area is 168 Å². The molecule has 2 aliphatic heterocycles. The minimum Gasteiger partial charge on any atom is -0.341 e. The maximum absolute atomic E-state index is 13.1. The highest BCUT2D eigenvalue weighted by atomic mass is 16.2. The summed E-state index contributed by atoms with van der Waals surface area (Å²) in [6.07, 6.45) is 5.07. The van der Waals surface area contributed by atoms with Crippen molar-refractivity contribution < 1.29 is 14.4 Å². The molecule has 158 valence electrons. The molecule has 2 atom stereocenters. The fourth-order valence-corrected chi connectivity index (χ4v) is 5.04. The zero-order valence-electron chi connectivity index (χ0n) is 17.8. The predicted octanol–water partition coefficient (Wildman–Crippen LogP) is 2.10. The van der Waals surface area contributed by atoms with Gasteiger partial charge in [-0.25, -0.2) is 4.79 Å². The second-order valence-corrected chi connectivity index (χ2v) is 10.1. The van der Waals surface area contributed by atoms with E-state index in [-0.39, 0.29) is 35.7 Å². The number of nitrogens with one attached hydrogen (secondary N) is 1. The monoisotopic (exact) mass is 392 g/mol. The minimum atomic E-state index is -0.810. The quantitative estimate of drug-likeness (QED) is 0.719. The van der Waals surface area contributed by atoms with Crippen LogP contribution in [0, 0.1) is 17.3 Å². The van der Waals surface area contributed by atoms with Gasteiger partial charge in [-0.2, -0.15) is 0 Å². The number of hydrogen-bond acceptors (Lipinski definition) is 4. The number of imide groups is 1. The summed E-state index contributed by atoms with van der Waals surface area (Å²) in [5.41, 5.74) is 5.40. The van der Waals surface area contributed by atoms with E-state index < -0.39 is 11.6 Å². The van der Waals surface area contributed by atoms with Crippen LogP contribution in [0.15, 0.2) is 0 Å². The number of likely N-dealkylation sites (tertiary alicyclic amines) is 1. The summed E-state index contributed by atoms with van der Waals surface area (Å²) in [5.74, 6) is 0.440. The summed E-state index contributed by atoms with van der Waals surface area (Å²) < 4.78 is 0. The average molecular weight is 393 g/mol. The third-order valence-electron chi connectivity index (χ3n) is 7.16. The highest BCUT2D eigenvalue weighted by molar-refractivity contribution is 6.09. The van der Waals surface area contributed by atoms with E-state index in [2.05, 4.69) is 26.1 Å². The van der Waals surface area contributed by atoms with Gasteiger partial charge in [0, 0.05) is 19.1 Å². The highest BCUT2D eigenvalue weighted by Crippen LogP contribution is 2.43. The van der Waals surface area contributed by atoms with Crippen LogP contribution < -0.4 is 11.1 Å². The molecule has 1 aliphatic carbocycles. The van der Waals surface area contributed by atoms with E-state index in [1.165, 1.54) is 0 Å². The number of piperidine rings is 1. The molecule has 3 rings (SSSR count). The Morgan fingerprint density at radius 3 is 2.46 bits per heavy atom. The van der Waals surface area contributed by atoms with Crippen molar-refractivity contribution in [3.05, 3.63) is 0 Å². The van der Waals surface area contributed by atoms with Crippen LogP contribution in [0.5, 0.6) is 0 Å². The first kappa shape index (κ1) is 21.1. The summed E-state index contributed by atoms with van der Waals surface area (Å²) >= 11 is 0. The number of urea groups is 1. The van der Waals surface area contributed by atoms with Crippen LogP contribution in [0.1, 0.15) is 66.2 Å². The van der Waals surface area contributed by atoms with Crippen molar-refractivity contribution in [1.82, 2.24) is 15.1 Å². The minimum absolute atomic E-state index is 0.0357. The molecular formula is C21H36N4O3. The molecule has 2 saturated heterocycles. The molecule has 0 radical (unpaired) electrons. The molecule has 2 heterocycles. The lowest BCUT2D eigenvalue weighted by Crippen LogP contribution is -2.52. The molecule has 7 heteroatoms. The van der Waals surface area contributed by atoms with Crippen LogP contribution in [-0.2, 0) is 9.59 Å². The van der Waals surface area contributed by atoms with Gasteiger partial charge in [0.25, 0.3) is 5.91 Å². The van der Waals surface area contributed by atoms with E-state index >= 15 is 0 Å². The predicted molar refractivity (Wildman–Crippen MR) is 107 cm³/mol. The Bertz CT molecular complexity index is 632. The lowest BCUT2D eigenvalue weighted by molar-refractivity contribution is -0.140. The van der Waals surface area contributed by atoms with E-state index in [0.29, 0.717) is 31.8 Å². The molecule has 0 aromatic carbocycles. The first-order valence-electron chi connectivity index (χ1n) is 10.7. The molecule has 1 spiro atoms. The number of carbonyl (C=O) groups is 3. The smallest absolute Gasteiger partial charge is 0.325 e. The number of hydrogen-bond donors (Lipinski definition) is 2. The van der Waals surface area contributed by atoms with Gasteiger partial charge < -0.3 is 16.0 Å². The van der Waals surface area contributed by atoms with Gasteiger partial charge in [0.15, 0.2) is 0 Å². The Morgan fingerprint density at radius 2 is 1.89 bits per heavy atom. The van der Waals surface area contributed by atoms with Crippen LogP contribution >= 0.6 is 0 Å². The number of nitrogens with two attached hydrogens (primary N) is 1. The summed E-state index contributed by atoms with van der Waals surface area (Å²) in [4.78, 5) is 41.3. The maximum atomic E-state index is 13.1. The molecule has 2 unspecified atom stereocenters. The van der Waals surface area contributed by atoms with Crippen LogP contribution in [0.2, 0.25) is 0 Å². The summed E-state index contributed by atoms with van der Waals surface area (Å²) in [5, 5.41) is 2.92. The van der Waals surface area contributed by atoms with Gasteiger partial charge in [0.1, 0.15) is 12.1 Å². The van der Waals surface area contributed by atoms with E-state index in [1.807, 2.05) is 6.92 Å². The fraction of sp³-hybridized carbons (Fsp3) is 0.857. The molecule has 7 nitrogen and oxygen atoms in total. The molecule has 3 aliphatic rings. The highest BCUT2D eigenvalue weighted by Gasteiger charge is 2.53. The van der Waals surface area contributed by atoms with E-state index in [1.54, 1.807) is 4.90 Å². The van der Waals surface area contributed by atoms with Crippen LogP contribution in [0.4, 0.5) is 4.79 Å². The van der Waals surface area contributed by atoms with Crippen LogP contribution in [0.25, 0.3) is 0 Å². The SMILES string of the molecule is CC(N)C1CCCN(C(=O)CN2C(=O)NC3(CCC(C(C)(C)C)CC3)C2=O)C1. The lowest BCUT2D eigenvalue weighted by atomic mass is 9.67. The number of carbonyl (C=O) groups excluding carboxylic acids is 3. The summed E-state index contributed by atoms with van der Waals surface area (Å²) in [6.45, 7) is 9.76. The Hall–Kier alpha value is -1.63. The molecule has 3 fully saturated rings. The van der Waals surface area contributed by atoms with Gasteiger partial charge in [0.05, 0.1) is 0 Å². The summed E-state index contributed by atoms with van der Waals surface area (Å²) in [6, 6.07) is -0.387. The van der Waals surface area contributed by atoms with Crippen molar-refractivity contribution in [2.45, 2.75) is 77.8 Å². The van der Waals surface area contributed by atoms with Gasteiger partial charge in [-0.15, -0.1) is 0 Å². The molecule has 0 bridgehead atoms. The molecule has 28 heavy (non-hydrogen) atoms. The van der Waals surface area contributed by atoms with Gasteiger partial charge in [0.2, 0.25) is 5.91 Å². The number of amides is 4. The zero-order valence-corrected chi connectivity index (χ0v) is 17.8. The second-order valence-electron chi connectivity index (χ2n) is 10.1. The molecule has 0 aromatic heterocycles. The van der Waals surface area contributed by atoms with Crippen LogP contribution in [0.3, 0.4) is 0 Å². The topological polar surface area (TPSA) is 95.7 Å². The largest absolute Gasteiger partial charge is 0.341 e. The van der Waals surface area contributed by atoms with E-state index in [9.17, 15) is 14.4 Å². The van der Waals surface area contributed by atoms with Crippen molar-refractivity contribution in [3.63, 3.8) is 0 Å². The number of rotatable bonds is 3. The Kier molecular flexibility index (Phi) is 5.76. The van der Waals surface area contributed by atoms with Gasteiger partial charge in [-0.05, 0) is 62.7 Å². The fourth-order valence-electron chi connectivity index (χ4n) is 5.04. The van der Waals surface area contributed by atoms with Crippen molar-refractivity contribution in [3.8, 4) is 0 Å². The molecule has 4 amide bonds. The van der Waals surface area contributed by atoms with Crippen molar-refractivity contribution in [2.75, 3.05) is 19.6 Å². The Balaban J connectivity index is 1.62. The first-order chi connectivity index (χ1) is 13.0. The molecular weight excluding hydrogens is 356 g/mol. The molecule has 3 N–H and O–H groups in total. The van der Waals surface area contributed by atoms with E-state index in [4.69, 9.17) is 5.73 Å². The van der Waals surface area contributed by atoms with Crippen molar-refractivity contribution in [2.24, 2.45) is 23.0 Å². The second kappa shape index (κ2) is 7.65. The summed E-state index contributed by atoms with van der Waals surface area (Å²) in [7, 11) is 0. The van der Waals surface area contributed by atoms with Crippen LogP contribution in [-0.4, -0.2) is 58.9 Å². The zero-order chi connectivity index (χ0) is 20.7. The van der Waals surface area contributed by atoms with Crippen molar-refractivity contribution >= 4 is 17.8 Å². The average Bonchev–Trinajstić information content (AvgIpc) is 2.85. The standard InChI is InChI=1S/C21H36N4O3/c1-14(22)15-6-5-11-24(12-15)17(26)13-25-18(27)21(23-19(25)28)9-7-16(8-10-21)20(2,3)4/h14-16H,5-13,22H2,1-4H3,(H,23,28). The Morgan fingerprint density at radius 1 is 1.25 bits per heavy atom. The van der Waals surface area contributed by atoms with E-state index in [0.717, 1.165) is 30.6 Å². The molecule has 0 aromatic rings. The maximum Gasteiger partial charge on any atom is 0.325 e. The number of nitrogens with zero attached hydrogens (tertiary/aromatic N) is 2. The first-order valence-corrected chi connectivity index (χ1v) is 10.7. The molecule has 1 saturated carbocycles. The van der Waals surface area contributed by atoms with Gasteiger partial charge in [-0.3, -0.25) is 14.5 Å². The third-order valence-corrected chi connectivity index (χ3v) is 7.16. The van der Waals surface area contributed by atoms with Gasteiger partial charge in [-0.1, -0.05) is 20.8 Å². The normalized spacial score (nSPS) is 32.6. The third kappa shape index (κ3) is 4.04. The lowest BCUT2D eigenvalue weighted by Gasteiger charge is -2.40.